The number of hydrogen-bond donors (Lipinski definition) is 2. The highest BCUT2D eigenvalue weighted by Gasteiger charge is 2.05. The van der Waals surface area contributed by atoms with Gasteiger partial charge in [0.2, 0.25) is 0 Å². The molecule has 158 valence electrons. The van der Waals surface area contributed by atoms with E-state index < -0.39 is 4.92 Å². The second kappa shape index (κ2) is 13.3. The van der Waals surface area contributed by atoms with Gasteiger partial charge < -0.3 is 15.2 Å². The molecule has 0 spiro atoms. The van der Waals surface area contributed by atoms with Gasteiger partial charge in [-0.15, -0.1) is 0 Å². The lowest BCUT2D eigenvalue weighted by molar-refractivity contribution is -0.404. The van der Waals surface area contributed by atoms with Crippen molar-refractivity contribution in [3.05, 3.63) is 68.7 Å². The Morgan fingerprint density at radius 2 is 2.07 bits per heavy atom. The zero-order valence-electron chi connectivity index (χ0n) is 16.1. The molecular weight excluding hydrogens is 434 g/mol. The van der Waals surface area contributed by atoms with Crippen molar-refractivity contribution >= 4 is 35.1 Å². The summed E-state index contributed by atoms with van der Waals surface area (Å²) in [4.78, 5) is 14.6. The van der Waals surface area contributed by atoms with E-state index in [9.17, 15) is 10.1 Å². The molecule has 0 bridgehead atoms. The fourth-order valence-electron chi connectivity index (χ4n) is 2.31. The summed E-state index contributed by atoms with van der Waals surface area (Å²) in [6, 6.07) is 3.61. The van der Waals surface area contributed by atoms with Crippen LogP contribution >= 0.6 is 35.1 Å². The van der Waals surface area contributed by atoms with E-state index in [4.69, 9.17) is 16.1 Å². The highest BCUT2D eigenvalue weighted by Crippen LogP contribution is 2.18. The second-order valence-electron chi connectivity index (χ2n) is 5.94. The third-order valence-electron chi connectivity index (χ3n) is 3.80. The molecule has 0 amide bonds. The van der Waals surface area contributed by atoms with E-state index in [1.807, 2.05) is 13.0 Å². The number of thioether (sulfide) groups is 2. The Labute approximate surface area is 183 Å². The van der Waals surface area contributed by atoms with Gasteiger partial charge in [-0.1, -0.05) is 16.8 Å². The summed E-state index contributed by atoms with van der Waals surface area (Å²) < 4.78 is 5.03. The number of aromatic nitrogens is 2. The first-order chi connectivity index (χ1) is 14.1. The number of nitro groups is 1. The van der Waals surface area contributed by atoms with Crippen molar-refractivity contribution in [1.29, 1.82) is 0 Å². The van der Waals surface area contributed by atoms with Gasteiger partial charge in [-0.25, -0.2) is 0 Å². The van der Waals surface area contributed by atoms with Gasteiger partial charge in [0.25, 0.3) is 6.20 Å². The summed E-state index contributed by atoms with van der Waals surface area (Å²) in [5.74, 6) is 4.53. The van der Waals surface area contributed by atoms with E-state index in [1.165, 1.54) is 0 Å². The first-order valence-corrected chi connectivity index (χ1v) is 11.7. The van der Waals surface area contributed by atoms with Crippen LogP contribution in [0.4, 0.5) is 0 Å². The molecule has 0 atom stereocenters. The Balaban J connectivity index is 1.60. The minimum atomic E-state index is -0.460. The first kappa shape index (κ1) is 23.4. The highest BCUT2D eigenvalue weighted by molar-refractivity contribution is 7.99. The third kappa shape index (κ3) is 9.42. The number of aryl methyl sites for hydroxylation is 2. The number of hydrogen-bond acceptors (Lipinski definition) is 9. The molecule has 0 radical (unpaired) electrons. The number of rotatable bonds is 14. The zero-order valence-corrected chi connectivity index (χ0v) is 18.5. The number of halogens is 1. The third-order valence-corrected chi connectivity index (χ3v) is 6.10. The van der Waals surface area contributed by atoms with Crippen molar-refractivity contribution in [2.75, 3.05) is 30.3 Å². The lowest BCUT2D eigenvalue weighted by atomic mass is 10.2. The molecule has 2 rings (SSSR count). The largest absolute Gasteiger partial charge is 0.366 e. The zero-order chi connectivity index (χ0) is 20.9. The topological polar surface area (TPSA) is 106 Å². The van der Waals surface area contributed by atoms with Crippen LogP contribution in [0.1, 0.15) is 17.0 Å². The van der Waals surface area contributed by atoms with E-state index in [0.29, 0.717) is 29.7 Å². The average Bonchev–Trinajstić information content (AvgIpc) is 3.09. The molecule has 0 saturated carbocycles. The first-order valence-electron chi connectivity index (χ1n) is 9.04. The SMILES string of the molecule is Cc1oncc1CCSCCNC(=C[N+](=O)[O-])NCCSCc1ncccc1Cl. The summed E-state index contributed by atoms with van der Waals surface area (Å²) in [6.45, 7) is 3.14. The van der Waals surface area contributed by atoms with Crippen LogP contribution in [0.3, 0.4) is 0 Å². The second-order valence-corrected chi connectivity index (χ2v) is 8.67. The molecule has 2 aromatic heterocycles. The van der Waals surface area contributed by atoms with Crippen LogP contribution in [0.25, 0.3) is 0 Å². The van der Waals surface area contributed by atoms with Crippen molar-refractivity contribution in [1.82, 2.24) is 20.8 Å². The fourth-order valence-corrected chi connectivity index (χ4v) is 4.21. The maximum absolute atomic E-state index is 10.8. The molecule has 0 aliphatic heterocycles. The monoisotopic (exact) mass is 457 g/mol. The van der Waals surface area contributed by atoms with Crippen LogP contribution < -0.4 is 10.6 Å². The molecule has 2 N–H and O–H groups in total. The molecule has 0 saturated heterocycles. The molecule has 0 aromatic carbocycles. The normalized spacial score (nSPS) is 11.4. The summed E-state index contributed by atoms with van der Waals surface area (Å²) in [7, 11) is 0. The molecule has 29 heavy (non-hydrogen) atoms. The van der Waals surface area contributed by atoms with Crippen LogP contribution in [0.2, 0.25) is 5.02 Å². The predicted molar refractivity (Wildman–Crippen MR) is 119 cm³/mol. The van der Waals surface area contributed by atoms with Crippen LogP contribution in [-0.4, -0.2) is 45.4 Å². The van der Waals surface area contributed by atoms with E-state index in [0.717, 1.165) is 46.9 Å². The summed E-state index contributed by atoms with van der Waals surface area (Å²) >= 11 is 9.52. The van der Waals surface area contributed by atoms with Gasteiger partial charge in [0.1, 0.15) is 5.76 Å². The summed E-state index contributed by atoms with van der Waals surface area (Å²) in [5.41, 5.74) is 1.96. The van der Waals surface area contributed by atoms with Gasteiger partial charge in [-0.2, -0.15) is 23.5 Å². The van der Waals surface area contributed by atoms with Crippen molar-refractivity contribution in [3.8, 4) is 0 Å². The minimum Gasteiger partial charge on any atom is -0.366 e. The van der Waals surface area contributed by atoms with E-state index in [2.05, 4.69) is 20.8 Å². The van der Waals surface area contributed by atoms with Gasteiger partial charge in [0.05, 0.1) is 21.8 Å². The van der Waals surface area contributed by atoms with E-state index >= 15 is 0 Å². The molecule has 0 aliphatic carbocycles. The van der Waals surface area contributed by atoms with Crippen molar-refractivity contribution in [3.63, 3.8) is 0 Å². The average molecular weight is 458 g/mol. The molecule has 2 aromatic rings. The molecule has 8 nitrogen and oxygen atoms in total. The van der Waals surface area contributed by atoms with Gasteiger partial charge in [0, 0.05) is 42.1 Å². The van der Waals surface area contributed by atoms with E-state index in [1.54, 1.807) is 42.0 Å². The molecule has 0 fully saturated rings. The molecule has 11 heteroatoms. The fraction of sp³-hybridized carbons (Fsp3) is 0.444. The Morgan fingerprint density at radius 3 is 2.72 bits per heavy atom. The van der Waals surface area contributed by atoms with Crippen LogP contribution in [0.15, 0.2) is 41.1 Å². The van der Waals surface area contributed by atoms with Gasteiger partial charge in [0.15, 0.2) is 5.82 Å². The quantitative estimate of drug-likeness (QED) is 0.250. The van der Waals surface area contributed by atoms with Crippen LogP contribution in [-0.2, 0) is 12.2 Å². The number of pyridine rings is 1. The maximum atomic E-state index is 10.8. The van der Waals surface area contributed by atoms with Gasteiger partial charge >= 0.3 is 0 Å². The van der Waals surface area contributed by atoms with Crippen molar-refractivity contribution in [2.45, 2.75) is 19.1 Å². The molecule has 0 unspecified atom stereocenters. The van der Waals surface area contributed by atoms with E-state index in [-0.39, 0.29) is 0 Å². The molecule has 2 heterocycles. The lowest BCUT2D eigenvalue weighted by Gasteiger charge is -2.11. The van der Waals surface area contributed by atoms with Gasteiger partial charge in [-0.3, -0.25) is 15.1 Å². The lowest BCUT2D eigenvalue weighted by Crippen LogP contribution is -2.30. The Morgan fingerprint density at radius 1 is 1.31 bits per heavy atom. The highest BCUT2D eigenvalue weighted by atomic mass is 35.5. The minimum absolute atomic E-state index is 0.418. The Kier molecular flexibility index (Phi) is 10.7. The van der Waals surface area contributed by atoms with Crippen LogP contribution in [0, 0.1) is 17.0 Å². The Bertz CT molecular complexity index is 803. The standard InChI is InChI=1S/C18H24ClN5O3S2/c1-14-15(11-23-27-14)4-8-28-9-6-21-18(12-24(25)26)22-7-10-29-13-17-16(19)3-2-5-20-17/h2-3,5,11-12,21-22H,4,6-10,13H2,1H3. The number of nitrogens with one attached hydrogen (secondary N) is 2. The molecule has 0 aliphatic rings. The van der Waals surface area contributed by atoms with Crippen molar-refractivity contribution in [2.24, 2.45) is 0 Å². The van der Waals surface area contributed by atoms with Gasteiger partial charge in [-0.05, 0) is 31.2 Å². The summed E-state index contributed by atoms with van der Waals surface area (Å²) in [6.07, 6.45) is 5.32. The summed E-state index contributed by atoms with van der Waals surface area (Å²) in [5, 5.41) is 21.4. The smallest absolute Gasteiger partial charge is 0.274 e. The number of nitrogens with zero attached hydrogens (tertiary/aromatic N) is 3. The maximum Gasteiger partial charge on any atom is 0.274 e. The molecular formula is C18H24ClN5O3S2. The van der Waals surface area contributed by atoms with Crippen LogP contribution in [0.5, 0.6) is 0 Å². The van der Waals surface area contributed by atoms with Crippen molar-refractivity contribution < 1.29 is 9.45 Å². The Hall–Kier alpha value is -1.91. The predicted octanol–water partition coefficient (Wildman–Crippen LogP) is 3.50.